The SMILES string of the molecule is Fc1c(F)c(F)c(C2=C(C(F)(F)F)c3cc4[nH]c(cc5nc(cc6[nH]c(cc2n3)c(C(F)(F)F)c6-c2c(F)c(F)c(F)c(F)c2F)C(C(F)(F)F)=C5c2c(F)c(F)c(F)c(F)c2F)c(C(F)(F)F)c4-c2c(F)c(F)c(F)c(F)c2F)c(F)c1F. The van der Waals surface area contributed by atoms with E-state index in [-0.39, 0.29) is 0 Å². The average molecular weight is 1250 g/mol. The summed E-state index contributed by atoms with van der Waals surface area (Å²) in [5.41, 5.74) is -56.0. The predicted molar refractivity (Wildman–Crippen MR) is 218 cm³/mol. The van der Waals surface area contributed by atoms with Crippen LogP contribution in [0.25, 0.3) is 66.6 Å². The summed E-state index contributed by atoms with van der Waals surface area (Å²) in [7, 11) is 0. The Kier molecular flexibility index (Phi) is 13.8. The van der Waals surface area contributed by atoms with E-state index in [0.29, 0.717) is 0 Å². The van der Waals surface area contributed by atoms with Crippen molar-refractivity contribution in [2.45, 2.75) is 24.7 Å². The number of fused-ring (bicyclic) bond motifs is 8. The first kappa shape index (κ1) is 59.8. The molecule has 0 saturated carbocycles. The van der Waals surface area contributed by atoms with Crippen molar-refractivity contribution in [2.75, 3.05) is 0 Å². The predicted octanol–water partition coefficient (Wildman–Crippen LogP) is 17.5. The standard InChI is InChI=1S/C48H6F32N4/c49-25-17(26(50)34(58)41(65)33(25)57)13-5-1-9-21(45(69,70)71)14(18-27(51)35(59)42(66)36(60)28(18)52)6(82-9)2-11-23(47(75,76)77)16(20-31(55)39(63)44(68)40(64)32(20)56)8(84-11)4-12-24(48(78,79)80)15(19-29(53)37(61)43(67)38(62)30(19)54)7(83-12)3-10(81-5)22(13)46(72,73)74/h1-4,81,84H. The van der Waals surface area contributed by atoms with Gasteiger partial charge in [-0.15, -0.1) is 0 Å². The molecule has 0 unspecified atom stereocenters. The Morgan fingerprint density at radius 3 is 0.643 bits per heavy atom. The van der Waals surface area contributed by atoms with Gasteiger partial charge in [-0.1, -0.05) is 0 Å². The molecule has 36 heteroatoms. The van der Waals surface area contributed by atoms with Crippen LogP contribution in [-0.4, -0.2) is 32.3 Å². The van der Waals surface area contributed by atoms with Crippen LogP contribution in [0, 0.1) is 116 Å². The number of rotatable bonds is 4. The van der Waals surface area contributed by atoms with Crippen molar-refractivity contribution in [2.24, 2.45) is 0 Å². The summed E-state index contributed by atoms with van der Waals surface area (Å²) < 4.78 is 491. The molecule has 2 aliphatic heterocycles. The number of aromatic nitrogens is 4. The number of halogens is 32. The highest BCUT2D eigenvalue weighted by Gasteiger charge is 2.49. The molecule has 9 rings (SSSR count). The van der Waals surface area contributed by atoms with Crippen molar-refractivity contribution < 1.29 is 140 Å². The van der Waals surface area contributed by atoms with Gasteiger partial charge >= 0.3 is 24.7 Å². The molecule has 4 aromatic carbocycles. The Hall–Kier alpha value is -8.76. The van der Waals surface area contributed by atoms with Crippen molar-refractivity contribution in [3.63, 3.8) is 0 Å². The first-order valence-electron chi connectivity index (χ1n) is 21.3. The second-order valence-corrected chi connectivity index (χ2v) is 17.0. The lowest BCUT2D eigenvalue weighted by Gasteiger charge is -2.15. The van der Waals surface area contributed by atoms with Gasteiger partial charge in [-0.25, -0.2) is 97.8 Å². The number of hydrogen-bond acceptors (Lipinski definition) is 2. The monoisotopic (exact) mass is 1250 g/mol. The highest BCUT2D eigenvalue weighted by molar-refractivity contribution is 6.06. The van der Waals surface area contributed by atoms with Gasteiger partial charge in [0.15, 0.2) is 93.1 Å². The number of allylic oxidation sites excluding steroid dienone is 2. The number of hydrogen-bond donors (Lipinski definition) is 2. The van der Waals surface area contributed by atoms with Gasteiger partial charge in [0.05, 0.1) is 78.3 Å². The van der Waals surface area contributed by atoms with Crippen LogP contribution in [-0.2, 0) is 12.4 Å². The van der Waals surface area contributed by atoms with Gasteiger partial charge in [-0.3, -0.25) is 0 Å². The maximum atomic E-state index is 15.8. The minimum absolute atomic E-state index is 0.837. The lowest BCUT2D eigenvalue weighted by Crippen LogP contribution is -2.14. The Morgan fingerprint density at radius 1 is 0.226 bits per heavy atom. The Bertz CT molecular complexity index is 3970. The largest absolute Gasteiger partial charge is 0.419 e. The number of benzene rings is 4. The van der Waals surface area contributed by atoms with Crippen molar-refractivity contribution in [3.05, 3.63) is 186 Å². The van der Waals surface area contributed by atoms with Crippen molar-refractivity contribution in [3.8, 4) is 22.3 Å². The quantitative estimate of drug-likeness (QED) is 0.105. The number of nitrogens with one attached hydrogen (secondary N) is 2. The number of aromatic amines is 2. The second kappa shape index (κ2) is 19.4. The Balaban J connectivity index is 1.71. The minimum atomic E-state index is -6.74. The third-order valence-electron chi connectivity index (χ3n) is 12.2. The molecule has 2 aliphatic rings. The maximum Gasteiger partial charge on any atom is 0.419 e. The molecule has 7 aromatic rings. The van der Waals surface area contributed by atoms with Crippen LogP contribution in [0.15, 0.2) is 24.3 Å². The summed E-state index contributed by atoms with van der Waals surface area (Å²) in [6, 6.07) is -3.35. The van der Waals surface area contributed by atoms with Gasteiger partial charge in [-0.2, -0.15) is 52.7 Å². The van der Waals surface area contributed by atoms with Gasteiger partial charge in [0, 0.05) is 33.3 Å². The molecule has 0 fully saturated rings. The van der Waals surface area contributed by atoms with Crippen LogP contribution in [0.2, 0.25) is 0 Å². The van der Waals surface area contributed by atoms with Crippen LogP contribution in [0.1, 0.15) is 45.0 Å². The highest BCUT2D eigenvalue weighted by Crippen LogP contribution is 2.54. The van der Waals surface area contributed by atoms with Crippen molar-refractivity contribution >= 4 is 44.4 Å². The molecule has 84 heavy (non-hydrogen) atoms. The maximum absolute atomic E-state index is 15.8. The van der Waals surface area contributed by atoms with Crippen LogP contribution in [0.4, 0.5) is 140 Å². The smallest absolute Gasteiger partial charge is 0.354 e. The molecule has 0 amide bonds. The molecular weight excluding hydrogens is 1240 g/mol. The zero-order valence-electron chi connectivity index (χ0n) is 38.3. The van der Waals surface area contributed by atoms with E-state index < -0.39 is 277 Å². The molecule has 0 atom stereocenters. The lowest BCUT2D eigenvalue weighted by molar-refractivity contribution is -0.136. The van der Waals surface area contributed by atoms with Gasteiger partial charge in [0.25, 0.3) is 0 Å². The first-order chi connectivity index (χ1) is 38.6. The summed E-state index contributed by atoms with van der Waals surface area (Å²) in [6.07, 6.45) is -26.9. The van der Waals surface area contributed by atoms with Crippen molar-refractivity contribution in [1.82, 2.24) is 19.9 Å². The van der Waals surface area contributed by atoms with E-state index in [1.54, 1.807) is 0 Å². The molecule has 3 aromatic heterocycles. The van der Waals surface area contributed by atoms with E-state index in [9.17, 15) is 52.7 Å². The average Bonchev–Trinajstić information content (AvgIpc) is 1.91. The van der Waals surface area contributed by atoms with Gasteiger partial charge in [0.2, 0.25) is 23.3 Å². The third kappa shape index (κ3) is 8.90. The molecule has 0 saturated heterocycles. The lowest BCUT2D eigenvalue weighted by atomic mass is 9.93. The Morgan fingerprint density at radius 2 is 0.429 bits per heavy atom. The molecule has 0 spiro atoms. The van der Waals surface area contributed by atoms with E-state index in [1.165, 1.54) is 9.97 Å². The van der Waals surface area contributed by atoms with Gasteiger partial charge in [-0.05, 0) is 24.3 Å². The van der Waals surface area contributed by atoms with Crippen LogP contribution in [0.3, 0.4) is 0 Å². The molecule has 0 aliphatic carbocycles. The molecule has 2 N–H and O–H groups in total. The van der Waals surface area contributed by atoms with E-state index in [4.69, 9.17) is 0 Å². The molecular formula is C48H6F32N4. The van der Waals surface area contributed by atoms with Gasteiger partial charge < -0.3 is 9.97 Å². The Labute approximate surface area is 437 Å². The summed E-state index contributed by atoms with van der Waals surface area (Å²) in [4.78, 5) is 8.46. The zero-order chi connectivity index (χ0) is 62.8. The fourth-order valence-corrected chi connectivity index (χ4v) is 8.96. The van der Waals surface area contributed by atoms with E-state index in [0.717, 1.165) is 0 Å². The van der Waals surface area contributed by atoms with E-state index >= 15 is 87.8 Å². The molecule has 442 valence electrons. The van der Waals surface area contributed by atoms with Crippen molar-refractivity contribution in [1.29, 1.82) is 0 Å². The number of alkyl halides is 12. The van der Waals surface area contributed by atoms with Crippen LogP contribution >= 0.6 is 0 Å². The summed E-state index contributed by atoms with van der Waals surface area (Å²) in [5, 5.41) is 0. The summed E-state index contributed by atoms with van der Waals surface area (Å²) in [6.45, 7) is 0. The minimum Gasteiger partial charge on any atom is -0.354 e. The number of nitrogens with zero attached hydrogens (tertiary/aromatic N) is 2. The fraction of sp³-hybridized carbons (Fsp3) is 0.0833. The normalized spacial score (nSPS) is 13.6. The molecule has 8 bridgehead atoms. The molecule has 0 radical (unpaired) electrons. The fourth-order valence-electron chi connectivity index (χ4n) is 8.96. The number of H-pyrrole nitrogens is 2. The zero-order valence-corrected chi connectivity index (χ0v) is 38.3. The summed E-state index contributed by atoms with van der Waals surface area (Å²) in [5.74, 6) is -66.8. The topological polar surface area (TPSA) is 57.4 Å². The molecule has 5 heterocycles. The summed E-state index contributed by atoms with van der Waals surface area (Å²) >= 11 is 0. The first-order valence-corrected chi connectivity index (χ1v) is 21.3. The molecule has 4 nitrogen and oxygen atoms in total. The second-order valence-electron chi connectivity index (χ2n) is 17.0. The van der Waals surface area contributed by atoms with E-state index in [2.05, 4.69) is 9.97 Å². The third-order valence-corrected chi connectivity index (χ3v) is 12.2. The van der Waals surface area contributed by atoms with E-state index in [1.807, 2.05) is 0 Å². The highest BCUT2D eigenvalue weighted by atomic mass is 19.4. The van der Waals surface area contributed by atoms with Crippen LogP contribution < -0.4 is 0 Å². The van der Waals surface area contributed by atoms with Gasteiger partial charge in [0.1, 0.15) is 0 Å². The van der Waals surface area contributed by atoms with Crippen LogP contribution in [0.5, 0.6) is 0 Å².